The van der Waals surface area contributed by atoms with Crippen molar-refractivity contribution in [3.05, 3.63) is 53.3 Å². The SMILES string of the molecule is CC[C@@H](C)N(C(=O)c1ccc(-c2cc(C(C)(C)O)ccc2F)c(OCCCOC)c1)C(C)C. The van der Waals surface area contributed by atoms with E-state index in [1.807, 2.05) is 25.7 Å². The average Bonchev–Trinajstić information content (AvgIpc) is 2.76. The van der Waals surface area contributed by atoms with Crippen LogP contribution in [0.4, 0.5) is 4.39 Å². The van der Waals surface area contributed by atoms with Gasteiger partial charge in [0.2, 0.25) is 0 Å². The molecule has 0 aliphatic heterocycles. The number of amides is 1. The molecule has 182 valence electrons. The van der Waals surface area contributed by atoms with Crippen molar-refractivity contribution < 1.29 is 23.8 Å². The number of ether oxygens (including phenoxy) is 2. The Labute approximate surface area is 197 Å². The van der Waals surface area contributed by atoms with E-state index in [4.69, 9.17) is 9.47 Å². The van der Waals surface area contributed by atoms with Gasteiger partial charge < -0.3 is 19.5 Å². The van der Waals surface area contributed by atoms with Gasteiger partial charge in [0.1, 0.15) is 11.6 Å². The third-order valence-corrected chi connectivity index (χ3v) is 5.80. The second-order valence-corrected chi connectivity index (χ2v) is 9.22. The first-order valence-corrected chi connectivity index (χ1v) is 11.6. The molecule has 33 heavy (non-hydrogen) atoms. The predicted octanol–water partition coefficient (Wildman–Crippen LogP) is 5.78. The van der Waals surface area contributed by atoms with E-state index in [0.717, 1.165) is 6.42 Å². The molecule has 5 nitrogen and oxygen atoms in total. The van der Waals surface area contributed by atoms with Crippen LogP contribution in [0.25, 0.3) is 11.1 Å². The molecule has 6 heteroatoms. The Bertz CT molecular complexity index is 936. The van der Waals surface area contributed by atoms with E-state index in [1.54, 1.807) is 51.3 Å². The molecule has 2 aromatic rings. The number of halogens is 1. The number of hydrogen-bond donors (Lipinski definition) is 1. The molecule has 2 aromatic carbocycles. The van der Waals surface area contributed by atoms with Gasteiger partial charge in [0.15, 0.2) is 0 Å². The van der Waals surface area contributed by atoms with Crippen molar-refractivity contribution in [1.29, 1.82) is 0 Å². The van der Waals surface area contributed by atoms with E-state index in [9.17, 15) is 14.3 Å². The van der Waals surface area contributed by atoms with Crippen molar-refractivity contribution >= 4 is 5.91 Å². The number of nitrogens with zero attached hydrogens (tertiary/aromatic N) is 1. The summed E-state index contributed by atoms with van der Waals surface area (Å²) in [6.45, 7) is 12.3. The maximum atomic E-state index is 14.9. The molecule has 0 aliphatic rings. The van der Waals surface area contributed by atoms with Gasteiger partial charge in [0, 0.05) is 48.9 Å². The summed E-state index contributed by atoms with van der Waals surface area (Å²) in [4.78, 5) is 15.2. The molecule has 0 bridgehead atoms. The second-order valence-electron chi connectivity index (χ2n) is 9.22. The summed E-state index contributed by atoms with van der Waals surface area (Å²) in [6, 6.07) is 9.81. The van der Waals surface area contributed by atoms with Gasteiger partial charge in [-0.3, -0.25) is 4.79 Å². The smallest absolute Gasteiger partial charge is 0.254 e. The first kappa shape index (κ1) is 26.8. The number of rotatable bonds is 11. The molecule has 0 aliphatic carbocycles. The summed E-state index contributed by atoms with van der Waals surface area (Å²) in [7, 11) is 1.62. The van der Waals surface area contributed by atoms with E-state index >= 15 is 0 Å². The molecule has 1 atom stereocenters. The highest BCUT2D eigenvalue weighted by Crippen LogP contribution is 2.36. The van der Waals surface area contributed by atoms with E-state index < -0.39 is 11.4 Å². The lowest BCUT2D eigenvalue weighted by atomic mass is 9.93. The fraction of sp³-hybridized carbons (Fsp3) is 0.519. The van der Waals surface area contributed by atoms with Crippen LogP contribution in [-0.4, -0.2) is 48.3 Å². The van der Waals surface area contributed by atoms with Crippen LogP contribution in [0.3, 0.4) is 0 Å². The quantitative estimate of drug-likeness (QED) is 0.433. The standard InChI is InChI=1S/C27H38FNO4/c1-8-19(4)29(18(2)3)26(30)20-10-12-22(25(16-20)33-15-9-14-32-7)23-17-21(27(5,6)31)11-13-24(23)28/h10-13,16-19,31H,8-9,14-15H2,1-7H3/t19-/m1/s1. The first-order chi connectivity index (χ1) is 15.5. The van der Waals surface area contributed by atoms with Crippen LogP contribution in [0.2, 0.25) is 0 Å². The zero-order chi connectivity index (χ0) is 24.8. The normalized spacial score (nSPS) is 12.7. The average molecular weight is 460 g/mol. The number of aliphatic hydroxyl groups is 1. The molecule has 1 N–H and O–H groups in total. The van der Waals surface area contributed by atoms with E-state index in [2.05, 4.69) is 6.92 Å². The van der Waals surface area contributed by atoms with Crippen LogP contribution in [-0.2, 0) is 10.3 Å². The Morgan fingerprint density at radius 3 is 2.36 bits per heavy atom. The summed E-state index contributed by atoms with van der Waals surface area (Å²) in [6.07, 6.45) is 1.50. The highest BCUT2D eigenvalue weighted by molar-refractivity contribution is 5.96. The molecule has 2 rings (SSSR count). The van der Waals surface area contributed by atoms with E-state index in [1.165, 1.54) is 6.07 Å². The van der Waals surface area contributed by atoms with Gasteiger partial charge in [-0.25, -0.2) is 4.39 Å². The van der Waals surface area contributed by atoms with Crippen molar-refractivity contribution in [1.82, 2.24) is 4.90 Å². The molecule has 0 spiro atoms. The van der Waals surface area contributed by atoms with Crippen LogP contribution in [0.1, 0.15) is 70.3 Å². The highest BCUT2D eigenvalue weighted by atomic mass is 19.1. The van der Waals surface area contributed by atoms with Gasteiger partial charge in [0.25, 0.3) is 5.91 Å². The molecule has 0 heterocycles. The molecule has 0 saturated heterocycles. The Kier molecular flexibility index (Phi) is 9.44. The van der Waals surface area contributed by atoms with Crippen LogP contribution < -0.4 is 4.74 Å². The Balaban J connectivity index is 2.55. The van der Waals surface area contributed by atoms with E-state index in [0.29, 0.717) is 47.6 Å². The molecule has 0 unspecified atom stereocenters. The monoisotopic (exact) mass is 459 g/mol. The molecule has 0 aromatic heterocycles. The van der Waals surface area contributed by atoms with Gasteiger partial charge in [-0.15, -0.1) is 0 Å². The molecular formula is C27H38FNO4. The molecule has 1 amide bonds. The van der Waals surface area contributed by atoms with Crippen LogP contribution in [0, 0.1) is 5.82 Å². The maximum absolute atomic E-state index is 14.9. The Morgan fingerprint density at radius 2 is 1.79 bits per heavy atom. The second kappa shape index (κ2) is 11.6. The van der Waals surface area contributed by atoms with E-state index in [-0.39, 0.29) is 18.0 Å². The first-order valence-electron chi connectivity index (χ1n) is 11.6. The van der Waals surface area contributed by atoms with Crippen LogP contribution >= 0.6 is 0 Å². The minimum atomic E-state index is -1.12. The fourth-order valence-corrected chi connectivity index (χ4v) is 3.78. The van der Waals surface area contributed by atoms with Crippen LogP contribution in [0.15, 0.2) is 36.4 Å². The summed E-state index contributed by atoms with van der Waals surface area (Å²) >= 11 is 0. The molecular weight excluding hydrogens is 421 g/mol. The van der Waals surface area contributed by atoms with Gasteiger partial charge in [0.05, 0.1) is 12.2 Å². The van der Waals surface area contributed by atoms with Crippen molar-refractivity contribution in [2.75, 3.05) is 20.3 Å². The van der Waals surface area contributed by atoms with Gasteiger partial charge in [-0.1, -0.05) is 13.0 Å². The lowest BCUT2D eigenvalue weighted by Gasteiger charge is -2.32. The maximum Gasteiger partial charge on any atom is 0.254 e. The highest BCUT2D eigenvalue weighted by Gasteiger charge is 2.25. The number of carbonyl (C=O) groups is 1. The number of hydrogen-bond acceptors (Lipinski definition) is 4. The summed E-state index contributed by atoms with van der Waals surface area (Å²) in [5, 5.41) is 10.4. The van der Waals surface area contributed by atoms with Gasteiger partial charge in [-0.2, -0.15) is 0 Å². The zero-order valence-corrected chi connectivity index (χ0v) is 20.9. The lowest BCUT2D eigenvalue weighted by molar-refractivity contribution is 0.0621. The third-order valence-electron chi connectivity index (χ3n) is 5.80. The summed E-state index contributed by atoms with van der Waals surface area (Å²) in [5.41, 5.74) is 0.817. The molecule has 0 saturated carbocycles. The zero-order valence-electron chi connectivity index (χ0n) is 20.9. The third kappa shape index (κ3) is 6.78. The van der Waals surface area contributed by atoms with Crippen LogP contribution in [0.5, 0.6) is 5.75 Å². The van der Waals surface area contributed by atoms with Gasteiger partial charge in [-0.05, 0) is 76.9 Å². The number of methoxy groups -OCH3 is 1. The molecule has 0 fully saturated rings. The van der Waals surface area contributed by atoms with Crippen molar-refractivity contribution in [2.45, 2.75) is 72.1 Å². The summed E-state index contributed by atoms with van der Waals surface area (Å²) < 4.78 is 26.0. The minimum Gasteiger partial charge on any atom is -0.493 e. The Morgan fingerprint density at radius 1 is 1.09 bits per heavy atom. The van der Waals surface area contributed by atoms with Crippen molar-refractivity contribution in [3.63, 3.8) is 0 Å². The van der Waals surface area contributed by atoms with Crippen molar-refractivity contribution in [3.8, 4) is 16.9 Å². The number of carbonyl (C=O) groups excluding carboxylic acids is 1. The molecule has 0 radical (unpaired) electrons. The lowest BCUT2D eigenvalue weighted by Crippen LogP contribution is -2.43. The largest absolute Gasteiger partial charge is 0.493 e. The van der Waals surface area contributed by atoms with Crippen molar-refractivity contribution in [2.24, 2.45) is 0 Å². The predicted molar refractivity (Wildman–Crippen MR) is 130 cm³/mol. The number of benzene rings is 2. The van der Waals surface area contributed by atoms with Gasteiger partial charge >= 0.3 is 0 Å². The summed E-state index contributed by atoms with van der Waals surface area (Å²) in [5.74, 6) is -0.0813. The topological polar surface area (TPSA) is 59.0 Å². The minimum absolute atomic E-state index is 0.0408. The fourth-order valence-electron chi connectivity index (χ4n) is 3.78. The Hall–Kier alpha value is -2.44.